The van der Waals surface area contributed by atoms with Gasteiger partial charge in [-0.05, 0) is 62.6 Å². The molecule has 1 saturated heterocycles. The van der Waals surface area contributed by atoms with Gasteiger partial charge in [-0.3, -0.25) is 19.7 Å². The third-order valence-corrected chi connectivity index (χ3v) is 6.72. The highest BCUT2D eigenvalue weighted by Crippen LogP contribution is 2.31. The molecule has 0 radical (unpaired) electrons. The number of benzene rings is 2. The third kappa shape index (κ3) is 5.53. The minimum absolute atomic E-state index is 0.136. The molecule has 4 amide bonds. The lowest BCUT2D eigenvalue weighted by Gasteiger charge is -2.29. The normalized spacial score (nSPS) is 17.1. The van der Waals surface area contributed by atoms with Crippen LogP contribution in [0.15, 0.2) is 42.6 Å². The van der Waals surface area contributed by atoms with Crippen LogP contribution in [0.2, 0.25) is 5.02 Å². The molecule has 3 aromatic rings. The van der Waals surface area contributed by atoms with Crippen molar-refractivity contribution in [3.05, 3.63) is 70.1 Å². The van der Waals surface area contributed by atoms with Gasteiger partial charge >= 0.3 is 6.09 Å². The third-order valence-electron chi connectivity index (χ3n) is 6.43. The predicted molar refractivity (Wildman–Crippen MR) is 141 cm³/mol. The summed E-state index contributed by atoms with van der Waals surface area (Å²) < 4.78 is 20.8. The van der Waals surface area contributed by atoms with Crippen molar-refractivity contribution in [1.29, 1.82) is 0 Å². The van der Waals surface area contributed by atoms with Crippen molar-refractivity contribution >= 4 is 46.9 Å². The molecule has 5 rings (SSSR count). The molecule has 40 heavy (non-hydrogen) atoms. The van der Waals surface area contributed by atoms with E-state index >= 15 is 0 Å². The Kier molecular flexibility index (Phi) is 7.05. The molecular formula is C27H26ClFN6O5. The molecule has 0 spiro atoms. The molecule has 0 bridgehead atoms. The average Bonchev–Trinajstić information content (AvgIpc) is 3.44. The highest BCUT2D eigenvalue weighted by Gasteiger charge is 2.39. The van der Waals surface area contributed by atoms with Crippen molar-refractivity contribution in [2.45, 2.75) is 58.3 Å². The summed E-state index contributed by atoms with van der Waals surface area (Å²) in [6.07, 6.45) is 1.26. The molecule has 208 valence electrons. The van der Waals surface area contributed by atoms with Gasteiger partial charge in [0.15, 0.2) is 5.82 Å². The standard InChI is InChI=1S/C27H26ClFN6O5/c1-27(2,3)40-26(39)35(17-5-7-20(29)19(28)11-17)22-14-33(32-31-22)12-15-4-6-18-16(10-15)13-34(25(18)38)21-8-9-23(36)30-24(21)37/h4-7,10-11,14,21H,8-9,12-13H2,1-3H3,(H,30,36,37). The summed E-state index contributed by atoms with van der Waals surface area (Å²) in [6.45, 7) is 5.67. The van der Waals surface area contributed by atoms with E-state index in [4.69, 9.17) is 16.3 Å². The molecule has 2 aromatic carbocycles. The highest BCUT2D eigenvalue weighted by molar-refractivity contribution is 6.31. The van der Waals surface area contributed by atoms with Gasteiger partial charge in [-0.25, -0.2) is 18.8 Å². The van der Waals surface area contributed by atoms with Crippen LogP contribution in [0.4, 0.5) is 20.7 Å². The molecule has 1 aromatic heterocycles. The number of hydrogen-bond acceptors (Lipinski definition) is 7. The van der Waals surface area contributed by atoms with Crippen molar-refractivity contribution in [3.8, 4) is 0 Å². The number of nitrogens with one attached hydrogen (secondary N) is 1. The molecule has 3 heterocycles. The molecule has 0 saturated carbocycles. The van der Waals surface area contributed by atoms with E-state index < -0.39 is 29.5 Å². The van der Waals surface area contributed by atoms with Gasteiger partial charge in [0.1, 0.15) is 17.5 Å². The van der Waals surface area contributed by atoms with Crippen molar-refractivity contribution in [2.75, 3.05) is 4.90 Å². The number of halogens is 2. The number of fused-ring (bicyclic) bond motifs is 1. The van der Waals surface area contributed by atoms with E-state index in [0.717, 1.165) is 22.1 Å². The van der Waals surface area contributed by atoms with Gasteiger partial charge in [-0.1, -0.05) is 28.9 Å². The Morgan fingerprint density at radius 1 is 1.20 bits per heavy atom. The number of carbonyl (C=O) groups is 4. The van der Waals surface area contributed by atoms with Crippen molar-refractivity contribution in [3.63, 3.8) is 0 Å². The summed E-state index contributed by atoms with van der Waals surface area (Å²) in [5.74, 6) is -1.57. The number of hydrogen-bond donors (Lipinski definition) is 1. The Hall–Kier alpha value is -4.32. The Morgan fingerprint density at radius 2 is 1.98 bits per heavy atom. The molecular weight excluding hydrogens is 543 g/mol. The maximum Gasteiger partial charge on any atom is 0.420 e. The average molecular weight is 569 g/mol. The number of amides is 4. The maximum atomic E-state index is 13.8. The summed E-state index contributed by atoms with van der Waals surface area (Å²) in [5.41, 5.74) is 1.50. The number of rotatable bonds is 5. The van der Waals surface area contributed by atoms with Gasteiger partial charge in [0.25, 0.3) is 5.91 Å². The molecule has 1 fully saturated rings. The Labute approximate surface area is 233 Å². The van der Waals surface area contributed by atoms with Crippen LogP contribution >= 0.6 is 11.6 Å². The number of imide groups is 1. The zero-order chi connectivity index (χ0) is 28.8. The van der Waals surface area contributed by atoms with E-state index in [9.17, 15) is 23.6 Å². The summed E-state index contributed by atoms with van der Waals surface area (Å²) >= 11 is 5.97. The van der Waals surface area contributed by atoms with Gasteiger partial charge in [-0.15, -0.1) is 5.10 Å². The van der Waals surface area contributed by atoms with Crippen LogP contribution in [0.3, 0.4) is 0 Å². The zero-order valence-electron chi connectivity index (χ0n) is 22.0. The lowest BCUT2D eigenvalue weighted by atomic mass is 10.0. The molecule has 11 nitrogen and oxygen atoms in total. The monoisotopic (exact) mass is 568 g/mol. The largest absolute Gasteiger partial charge is 0.443 e. The van der Waals surface area contributed by atoms with Gasteiger partial charge < -0.3 is 9.64 Å². The van der Waals surface area contributed by atoms with Gasteiger partial charge in [0, 0.05) is 18.5 Å². The highest BCUT2D eigenvalue weighted by atomic mass is 35.5. The van der Waals surface area contributed by atoms with Crippen LogP contribution in [0.1, 0.15) is 55.1 Å². The quantitative estimate of drug-likeness (QED) is 0.462. The van der Waals surface area contributed by atoms with Gasteiger partial charge in [0.2, 0.25) is 11.8 Å². The molecule has 0 aliphatic carbocycles. The van der Waals surface area contributed by atoms with E-state index in [1.807, 2.05) is 6.07 Å². The number of piperidine rings is 1. The summed E-state index contributed by atoms with van der Waals surface area (Å²) in [7, 11) is 0. The number of carbonyl (C=O) groups excluding carboxylic acids is 4. The summed E-state index contributed by atoms with van der Waals surface area (Å²) in [5, 5.41) is 10.4. The van der Waals surface area contributed by atoms with Gasteiger partial charge in [-0.2, -0.15) is 0 Å². The topological polar surface area (TPSA) is 127 Å². The molecule has 1 atom stereocenters. The van der Waals surface area contributed by atoms with Crippen molar-refractivity contribution in [2.24, 2.45) is 0 Å². The fourth-order valence-corrected chi connectivity index (χ4v) is 4.82. The van der Waals surface area contributed by atoms with Crippen molar-refractivity contribution < 1.29 is 28.3 Å². The van der Waals surface area contributed by atoms with E-state index in [2.05, 4.69) is 15.6 Å². The maximum absolute atomic E-state index is 13.8. The van der Waals surface area contributed by atoms with Crippen LogP contribution in [-0.4, -0.2) is 55.4 Å². The minimum atomic E-state index is -0.807. The van der Waals surface area contributed by atoms with E-state index in [0.29, 0.717) is 5.56 Å². The van der Waals surface area contributed by atoms with Crippen LogP contribution in [-0.2, 0) is 27.4 Å². The molecule has 13 heteroatoms. The second-order valence-electron chi connectivity index (χ2n) is 10.6. The number of anilines is 2. The first-order chi connectivity index (χ1) is 18.9. The van der Waals surface area contributed by atoms with Crippen LogP contribution < -0.4 is 10.2 Å². The SMILES string of the molecule is CC(C)(C)OC(=O)N(c1ccc(F)c(Cl)c1)c1cn(Cc2ccc3c(c2)CN(C2CCC(=O)NC2=O)C3=O)nn1. The van der Waals surface area contributed by atoms with Crippen molar-refractivity contribution in [1.82, 2.24) is 25.2 Å². The smallest absolute Gasteiger partial charge is 0.420 e. The molecule has 2 aliphatic rings. The second-order valence-corrected chi connectivity index (χ2v) is 11.0. The Bertz CT molecular complexity index is 1530. The fraction of sp³-hybridized carbons (Fsp3) is 0.333. The number of nitrogens with zero attached hydrogens (tertiary/aromatic N) is 5. The fourth-order valence-electron chi connectivity index (χ4n) is 4.64. The first-order valence-electron chi connectivity index (χ1n) is 12.5. The zero-order valence-corrected chi connectivity index (χ0v) is 22.7. The minimum Gasteiger partial charge on any atom is -0.443 e. The molecule has 1 unspecified atom stereocenters. The lowest BCUT2D eigenvalue weighted by molar-refractivity contribution is -0.136. The first-order valence-corrected chi connectivity index (χ1v) is 12.9. The molecule has 2 aliphatic heterocycles. The number of ether oxygens (including phenoxy) is 1. The van der Waals surface area contributed by atoms with Crippen LogP contribution in [0, 0.1) is 5.82 Å². The lowest BCUT2D eigenvalue weighted by Crippen LogP contribution is -2.52. The molecule has 1 N–H and O–H groups in total. The Morgan fingerprint density at radius 3 is 2.67 bits per heavy atom. The van der Waals surface area contributed by atoms with E-state index in [1.165, 1.54) is 27.9 Å². The summed E-state index contributed by atoms with van der Waals surface area (Å²) in [6, 6.07) is 8.45. The van der Waals surface area contributed by atoms with Gasteiger partial charge in [0.05, 0.1) is 23.5 Å². The predicted octanol–water partition coefficient (Wildman–Crippen LogP) is 3.95. The van der Waals surface area contributed by atoms with E-state index in [-0.39, 0.29) is 54.3 Å². The second kappa shape index (κ2) is 10.3. The van der Waals surface area contributed by atoms with E-state index in [1.54, 1.807) is 32.9 Å². The Balaban J connectivity index is 1.36. The summed E-state index contributed by atoms with van der Waals surface area (Å²) in [4.78, 5) is 52.5. The van der Waals surface area contributed by atoms with Crippen LogP contribution in [0.25, 0.3) is 0 Å². The van der Waals surface area contributed by atoms with Crippen LogP contribution in [0.5, 0.6) is 0 Å². The first kappa shape index (κ1) is 27.3. The number of aromatic nitrogens is 3.